The maximum Gasteiger partial charge on any atom is 0.131 e. The van der Waals surface area contributed by atoms with Crippen LogP contribution >= 0.6 is 0 Å². The lowest BCUT2D eigenvalue weighted by Gasteiger charge is -2.14. The van der Waals surface area contributed by atoms with Crippen LogP contribution in [0, 0.1) is 6.92 Å². The van der Waals surface area contributed by atoms with Gasteiger partial charge in [0, 0.05) is 0 Å². The zero-order valence-electron chi connectivity index (χ0n) is 16.3. The van der Waals surface area contributed by atoms with Gasteiger partial charge in [-0.15, -0.1) is 0 Å². The molecule has 0 heterocycles. The van der Waals surface area contributed by atoms with E-state index in [4.69, 9.17) is 4.74 Å². The summed E-state index contributed by atoms with van der Waals surface area (Å²) < 4.78 is 6.28. The maximum absolute atomic E-state index is 6.28. The van der Waals surface area contributed by atoms with Crippen LogP contribution in [0.5, 0.6) is 11.5 Å². The Kier molecular flexibility index (Phi) is 5.78. The minimum atomic E-state index is 0.532. The van der Waals surface area contributed by atoms with Gasteiger partial charge in [-0.2, -0.15) is 0 Å². The molecular weight excluding hydrogens is 316 g/mol. The highest BCUT2D eigenvalue weighted by molar-refractivity contribution is 5.66. The van der Waals surface area contributed by atoms with Crippen molar-refractivity contribution in [3.05, 3.63) is 83.4 Å². The first-order valence-electron chi connectivity index (χ1n) is 9.54. The summed E-state index contributed by atoms with van der Waals surface area (Å²) in [4.78, 5) is 0. The molecule has 3 aromatic carbocycles. The average molecular weight is 344 g/mol. The number of aryl methyl sites for hydroxylation is 2. The number of hydrogen-bond acceptors (Lipinski definition) is 1. The smallest absolute Gasteiger partial charge is 0.131 e. The van der Waals surface area contributed by atoms with Crippen LogP contribution in [-0.2, 0) is 6.42 Å². The van der Waals surface area contributed by atoms with Gasteiger partial charge in [0.25, 0.3) is 0 Å². The number of rotatable bonds is 6. The molecule has 0 atom stereocenters. The first-order chi connectivity index (χ1) is 12.6. The lowest BCUT2D eigenvalue weighted by atomic mass is 10.00. The average Bonchev–Trinajstić information content (AvgIpc) is 2.64. The normalized spacial score (nSPS) is 11.0. The van der Waals surface area contributed by atoms with Crippen LogP contribution in [0.25, 0.3) is 11.1 Å². The Morgan fingerprint density at radius 2 is 1.46 bits per heavy atom. The van der Waals surface area contributed by atoms with E-state index in [1.807, 2.05) is 0 Å². The third-order valence-corrected chi connectivity index (χ3v) is 4.75. The van der Waals surface area contributed by atoms with Crippen molar-refractivity contribution in [2.45, 2.75) is 46.5 Å². The molecule has 0 aromatic heterocycles. The molecule has 3 aromatic rings. The second-order valence-electron chi connectivity index (χ2n) is 7.26. The Morgan fingerprint density at radius 3 is 2.08 bits per heavy atom. The molecular formula is C25H28O. The van der Waals surface area contributed by atoms with Crippen molar-refractivity contribution in [2.75, 3.05) is 0 Å². The van der Waals surface area contributed by atoms with Gasteiger partial charge in [0.05, 0.1) is 0 Å². The molecule has 0 aliphatic rings. The van der Waals surface area contributed by atoms with Crippen LogP contribution in [0.3, 0.4) is 0 Å². The number of hydrogen-bond donors (Lipinski definition) is 0. The van der Waals surface area contributed by atoms with E-state index in [-0.39, 0.29) is 0 Å². The summed E-state index contributed by atoms with van der Waals surface area (Å²) in [5, 5.41) is 0. The summed E-state index contributed by atoms with van der Waals surface area (Å²) in [6.07, 6.45) is 2.13. The summed E-state index contributed by atoms with van der Waals surface area (Å²) in [6.45, 7) is 8.74. The molecule has 1 heteroatoms. The molecule has 0 amide bonds. The fraction of sp³-hybridized carbons (Fsp3) is 0.280. The summed E-state index contributed by atoms with van der Waals surface area (Å²) in [6, 6.07) is 23.7. The molecule has 1 nitrogen and oxygen atoms in total. The Bertz CT molecular complexity index is 842. The Labute approximate surface area is 157 Å². The van der Waals surface area contributed by atoms with Gasteiger partial charge in [0.2, 0.25) is 0 Å². The van der Waals surface area contributed by atoms with Crippen LogP contribution in [0.4, 0.5) is 0 Å². The van der Waals surface area contributed by atoms with E-state index >= 15 is 0 Å². The molecule has 0 saturated heterocycles. The molecule has 26 heavy (non-hydrogen) atoms. The van der Waals surface area contributed by atoms with Crippen molar-refractivity contribution in [2.24, 2.45) is 0 Å². The van der Waals surface area contributed by atoms with Crippen LogP contribution in [0.2, 0.25) is 0 Å². The highest BCUT2D eigenvalue weighted by atomic mass is 16.5. The molecule has 0 saturated carbocycles. The molecule has 0 bridgehead atoms. The fourth-order valence-corrected chi connectivity index (χ4v) is 3.10. The van der Waals surface area contributed by atoms with Crippen LogP contribution in [0.15, 0.2) is 66.7 Å². The Morgan fingerprint density at radius 1 is 0.808 bits per heavy atom. The molecule has 0 aliphatic heterocycles. The van der Waals surface area contributed by atoms with Crippen LogP contribution < -0.4 is 4.74 Å². The summed E-state index contributed by atoms with van der Waals surface area (Å²) in [5.74, 6) is 2.39. The van der Waals surface area contributed by atoms with Crippen molar-refractivity contribution in [1.29, 1.82) is 0 Å². The number of ether oxygens (including phenoxy) is 1. The highest BCUT2D eigenvalue weighted by Gasteiger charge is 2.08. The first kappa shape index (κ1) is 18.3. The second kappa shape index (κ2) is 8.23. The van der Waals surface area contributed by atoms with Gasteiger partial charge in [0.15, 0.2) is 0 Å². The van der Waals surface area contributed by atoms with E-state index in [9.17, 15) is 0 Å². The lowest BCUT2D eigenvalue weighted by Crippen LogP contribution is -1.94. The SMILES string of the molecule is CCCc1ccc(-c2ccc(C)cc2)cc1Oc1ccc(C(C)C)cc1. The molecule has 0 spiro atoms. The van der Waals surface area contributed by atoms with E-state index in [0.717, 1.165) is 24.3 Å². The van der Waals surface area contributed by atoms with E-state index < -0.39 is 0 Å². The molecule has 0 radical (unpaired) electrons. The summed E-state index contributed by atoms with van der Waals surface area (Å²) >= 11 is 0. The van der Waals surface area contributed by atoms with Crippen LogP contribution in [-0.4, -0.2) is 0 Å². The third kappa shape index (κ3) is 4.35. The molecule has 0 aliphatic carbocycles. The van der Waals surface area contributed by atoms with E-state index in [2.05, 4.69) is 94.4 Å². The maximum atomic E-state index is 6.28. The Balaban J connectivity index is 1.92. The van der Waals surface area contributed by atoms with Gasteiger partial charge in [-0.1, -0.05) is 81.3 Å². The predicted molar refractivity (Wildman–Crippen MR) is 111 cm³/mol. The van der Waals surface area contributed by atoms with Crippen molar-refractivity contribution in [3.63, 3.8) is 0 Å². The molecule has 0 unspecified atom stereocenters. The van der Waals surface area contributed by atoms with E-state index in [1.165, 1.54) is 27.8 Å². The highest BCUT2D eigenvalue weighted by Crippen LogP contribution is 2.32. The Hall–Kier alpha value is -2.54. The van der Waals surface area contributed by atoms with Gasteiger partial charge < -0.3 is 4.74 Å². The summed E-state index contributed by atoms with van der Waals surface area (Å²) in [5.41, 5.74) is 6.28. The standard InChI is InChI=1S/C25H28O/c1-5-6-22-11-12-23(21-9-7-19(4)8-10-21)17-25(22)26-24-15-13-20(14-16-24)18(2)3/h7-18H,5-6H2,1-4H3. The van der Waals surface area contributed by atoms with Gasteiger partial charge in [-0.25, -0.2) is 0 Å². The lowest BCUT2D eigenvalue weighted by molar-refractivity contribution is 0.475. The van der Waals surface area contributed by atoms with Gasteiger partial charge in [-0.3, -0.25) is 0 Å². The molecule has 0 N–H and O–H groups in total. The quantitative estimate of drug-likeness (QED) is 0.449. The molecule has 134 valence electrons. The van der Waals surface area contributed by atoms with Crippen LogP contribution in [0.1, 0.15) is 49.8 Å². The first-order valence-corrected chi connectivity index (χ1v) is 9.54. The molecule has 0 fully saturated rings. The second-order valence-corrected chi connectivity index (χ2v) is 7.26. The largest absolute Gasteiger partial charge is 0.457 e. The summed E-state index contributed by atoms with van der Waals surface area (Å²) in [7, 11) is 0. The predicted octanol–water partition coefficient (Wildman–Crippen LogP) is 7.53. The van der Waals surface area contributed by atoms with Gasteiger partial charge >= 0.3 is 0 Å². The third-order valence-electron chi connectivity index (χ3n) is 4.75. The fourth-order valence-electron chi connectivity index (χ4n) is 3.10. The van der Waals surface area contributed by atoms with Crippen molar-refractivity contribution >= 4 is 0 Å². The van der Waals surface area contributed by atoms with E-state index in [1.54, 1.807) is 0 Å². The minimum Gasteiger partial charge on any atom is -0.457 e. The van der Waals surface area contributed by atoms with Crippen molar-refractivity contribution < 1.29 is 4.74 Å². The molecule has 3 rings (SSSR count). The van der Waals surface area contributed by atoms with Gasteiger partial charge in [0.1, 0.15) is 11.5 Å². The monoisotopic (exact) mass is 344 g/mol. The van der Waals surface area contributed by atoms with Gasteiger partial charge in [-0.05, 0) is 59.7 Å². The zero-order valence-corrected chi connectivity index (χ0v) is 16.3. The van der Waals surface area contributed by atoms with Crippen molar-refractivity contribution in [3.8, 4) is 22.6 Å². The topological polar surface area (TPSA) is 9.23 Å². The van der Waals surface area contributed by atoms with Crippen molar-refractivity contribution in [1.82, 2.24) is 0 Å². The van der Waals surface area contributed by atoms with E-state index in [0.29, 0.717) is 5.92 Å². The minimum absolute atomic E-state index is 0.532. The zero-order chi connectivity index (χ0) is 18.5. The number of benzene rings is 3.